The number of nitrogens with zero attached hydrogens (tertiary/aromatic N) is 4. The minimum absolute atomic E-state index is 0.0780. The molecule has 1 saturated carbocycles. The quantitative estimate of drug-likeness (QED) is 0.555. The van der Waals surface area contributed by atoms with Crippen molar-refractivity contribution in [3.63, 3.8) is 0 Å². The van der Waals surface area contributed by atoms with Gasteiger partial charge in [0.2, 0.25) is 11.8 Å². The Morgan fingerprint density at radius 2 is 1.32 bits per heavy atom. The van der Waals surface area contributed by atoms with Crippen LogP contribution in [0.1, 0.15) is 45.4 Å². The zero-order valence-corrected chi connectivity index (χ0v) is 21.3. The summed E-state index contributed by atoms with van der Waals surface area (Å²) in [7, 11) is 0. The number of amides is 2. The summed E-state index contributed by atoms with van der Waals surface area (Å²) in [4.78, 5) is 34.3. The van der Waals surface area contributed by atoms with E-state index in [4.69, 9.17) is 0 Å². The largest absolute Gasteiger partial charge is 0.340 e. The van der Waals surface area contributed by atoms with Gasteiger partial charge in [0.1, 0.15) is 0 Å². The lowest BCUT2D eigenvalue weighted by atomic mass is 9.61. The number of hydrogen-bond acceptors (Lipinski definition) is 4. The van der Waals surface area contributed by atoms with E-state index in [1.807, 2.05) is 9.80 Å². The standard InChI is InChI=1S/C28H44N4O2/c1-5-28(4)10-9-24-19-25(28)23(3)21-30-13-17-32(18-14-30)27(34)8-6-7-26(33)31-15-11-29(12-16-31)20-22(24)2/h5,24-25H,1-3,6-21H2,4H3/t24-,25+,28-/m1/s1. The summed E-state index contributed by atoms with van der Waals surface area (Å²) in [5, 5.41) is 0. The first kappa shape index (κ1) is 25.2. The number of hydrogen-bond donors (Lipinski definition) is 0. The number of carbonyl (C=O) groups excluding carboxylic acids is 2. The van der Waals surface area contributed by atoms with Crippen LogP contribution in [-0.4, -0.2) is 96.9 Å². The fourth-order valence-electron chi connectivity index (χ4n) is 6.41. The van der Waals surface area contributed by atoms with Crippen molar-refractivity contribution >= 4 is 11.8 Å². The van der Waals surface area contributed by atoms with Gasteiger partial charge in [-0.3, -0.25) is 19.4 Å². The zero-order chi connectivity index (χ0) is 24.3. The highest BCUT2D eigenvalue weighted by molar-refractivity contribution is 5.79. The molecule has 6 saturated heterocycles. The van der Waals surface area contributed by atoms with E-state index in [0.717, 1.165) is 84.7 Å². The third-order valence-corrected chi connectivity index (χ3v) is 8.97. The molecule has 2 amide bonds. The van der Waals surface area contributed by atoms with Crippen LogP contribution in [0.2, 0.25) is 0 Å². The molecule has 188 valence electrons. The van der Waals surface area contributed by atoms with Gasteiger partial charge in [-0.1, -0.05) is 37.3 Å². The van der Waals surface area contributed by atoms with Crippen molar-refractivity contribution in [3.05, 3.63) is 37.0 Å². The topological polar surface area (TPSA) is 47.1 Å². The van der Waals surface area contributed by atoms with E-state index in [1.54, 1.807) is 0 Å². The van der Waals surface area contributed by atoms with Crippen LogP contribution in [0.15, 0.2) is 37.0 Å². The van der Waals surface area contributed by atoms with Crippen molar-refractivity contribution in [2.24, 2.45) is 17.3 Å². The molecule has 7 aliphatic rings. The normalized spacial score (nSPS) is 36.6. The van der Waals surface area contributed by atoms with Gasteiger partial charge in [0, 0.05) is 78.3 Å². The van der Waals surface area contributed by atoms with Crippen molar-refractivity contribution in [1.82, 2.24) is 19.6 Å². The third-order valence-electron chi connectivity index (χ3n) is 8.97. The second kappa shape index (κ2) is 10.8. The molecule has 0 N–H and O–H groups in total. The Bertz CT molecular complexity index is 807. The fraction of sp³-hybridized carbons (Fsp3) is 0.714. The minimum Gasteiger partial charge on any atom is -0.340 e. The van der Waals surface area contributed by atoms with E-state index >= 15 is 0 Å². The molecular weight excluding hydrogens is 424 g/mol. The van der Waals surface area contributed by atoms with Gasteiger partial charge in [0.15, 0.2) is 0 Å². The molecule has 6 aliphatic heterocycles. The van der Waals surface area contributed by atoms with E-state index in [9.17, 15) is 9.59 Å². The Morgan fingerprint density at radius 3 is 1.82 bits per heavy atom. The van der Waals surface area contributed by atoms with Crippen molar-refractivity contribution in [3.8, 4) is 0 Å². The smallest absolute Gasteiger partial charge is 0.222 e. The predicted octanol–water partition coefficient (Wildman–Crippen LogP) is 3.18. The second-order valence-corrected chi connectivity index (χ2v) is 11.2. The number of carbonyl (C=O) groups is 2. The lowest BCUT2D eigenvalue weighted by Gasteiger charge is -2.46. The highest BCUT2D eigenvalue weighted by atomic mass is 16.2. The molecule has 0 aromatic rings. The Kier molecular flexibility index (Phi) is 7.98. The first-order chi connectivity index (χ1) is 16.3. The van der Waals surface area contributed by atoms with E-state index in [2.05, 4.69) is 42.5 Å². The first-order valence-electron chi connectivity index (χ1n) is 13.3. The lowest BCUT2D eigenvalue weighted by molar-refractivity contribution is -0.134. The third kappa shape index (κ3) is 5.65. The molecule has 34 heavy (non-hydrogen) atoms. The summed E-state index contributed by atoms with van der Waals surface area (Å²) in [6.45, 7) is 24.2. The van der Waals surface area contributed by atoms with Crippen LogP contribution >= 0.6 is 0 Å². The van der Waals surface area contributed by atoms with E-state index in [-0.39, 0.29) is 17.2 Å². The van der Waals surface area contributed by atoms with Gasteiger partial charge in [-0.05, 0) is 42.9 Å². The average Bonchev–Trinajstić information content (AvgIpc) is 2.84. The van der Waals surface area contributed by atoms with Gasteiger partial charge in [0.05, 0.1) is 0 Å². The predicted molar refractivity (Wildman–Crippen MR) is 137 cm³/mol. The highest BCUT2D eigenvalue weighted by Crippen LogP contribution is 2.49. The zero-order valence-electron chi connectivity index (χ0n) is 21.3. The second-order valence-electron chi connectivity index (χ2n) is 11.2. The van der Waals surface area contributed by atoms with E-state index in [0.29, 0.717) is 31.1 Å². The monoisotopic (exact) mass is 468 g/mol. The lowest BCUT2D eigenvalue weighted by Crippen LogP contribution is -2.50. The minimum atomic E-state index is 0.0780. The van der Waals surface area contributed by atoms with Crippen LogP contribution in [0.3, 0.4) is 0 Å². The maximum absolute atomic E-state index is 12.7. The van der Waals surface area contributed by atoms with Crippen LogP contribution in [0.25, 0.3) is 0 Å². The van der Waals surface area contributed by atoms with Crippen LogP contribution < -0.4 is 0 Å². The maximum atomic E-state index is 12.7. The number of allylic oxidation sites excluding steroid dienone is 1. The fourth-order valence-corrected chi connectivity index (χ4v) is 6.41. The molecule has 0 radical (unpaired) electrons. The van der Waals surface area contributed by atoms with Crippen molar-refractivity contribution < 1.29 is 9.59 Å². The van der Waals surface area contributed by atoms with E-state index < -0.39 is 0 Å². The van der Waals surface area contributed by atoms with Crippen LogP contribution in [-0.2, 0) is 9.59 Å². The van der Waals surface area contributed by atoms with Crippen LogP contribution in [0, 0.1) is 17.3 Å². The summed E-state index contributed by atoms with van der Waals surface area (Å²) in [5.41, 5.74) is 2.72. The molecule has 6 heterocycles. The number of piperazine rings is 2. The Labute approximate surface area is 206 Å². The van der Waals surface area contributed by atoms with Crippen molar-refractivity contribution in [2.45, 2.75) is 45.4 Å². The van der Waals surface area contributed by atoms with Gasteiger partial charge >= 0.3 is 0 Å². The molecular formula is C28H44N4O2. The molecule has 0 spiro atoms. The first-order valence-corrected chi connectivity index (χ1v) is 13.3. The summed E-state index contributed by atoms with van der Waals surface area (Å²) >= 11 is 0. The van der Waals surface area contributed by atoms with Crippen LogP contribution in [0.5, 0.6) is 0 Å². The molecule has 7 rings (SSSR count). The molecule has 3 atom stereocenters. The summed E-state index contributed by atoms with van der Waals surface area (Å²) in [6, 6.07) is 0. The van der Waals surface area contributed by atoms with Gasteiger partial charge in [0.25, 0.3) is 0 Å². The Morgan fingerprint density at radius 1 is 0.824 bits per heavy atom. The molecule has 6 nitrogen and oxygen atoms in total. The Hall–Kier alpha value is -1.92. The molecule has 7 fully saturated rings. The summed E-state index contributed by atoms with van der Waals surface area (Å²) in [5.74, 6) is 1.30. The van der Waals surface area contributed by atoms with E-state index in [1.165, 1.54) is 11.1 Å². The average molecular weight is 469 g/mol. The summed E-state index contributed by atoms with van der Waals surface area (Å²) in [6.07, 6.45) is 7.13. The summed E-state index contributed by atoms with van der Waals surface area (Å²) < 4.78 is 0. The maximum Gasteiger partial charge on any atom is 0.222 e. The van der Waals surface area contributed by atoms with Crippen LogP contribution in [0.4, 0.5) is 0 Å². The van der Waals surface area contributed by atoms with Gasteiger partial charge < -0.3 is 9.80 Å². The molecule has 0 aromatic carbocycles. The molecule has 6 heteroatoms. The number of rotatable bonds is 1. The Balaban J connectivity index is 1.49. The molecule has 6 bridgehead atoms. The van der Waals surface area contributed by atoms with Crippen molar-refractivity contribution in [1.29, 1.82) is 0 Å². The van der Waals surface area contributed by atoms with Gasteiger partial charge in [-0.25, -0.2) is 0 Å². The SMILES string of the molecule is C=C[C@]1(C)CC[C@@H]2C[C@H]1C(=C)CN1CCN(CC1)C(=O)CCCC(=O)N1CCN(CC1)CC2=C. The molecule has 0 aromatic heterocycles. The highest BCUT2D eigenvalue weighted by Gasteiger charge is 2.40. The van der Waals surface area contributed by atoms with Crippen molar-refractivity contribution in [2.75, 3.05) is 65.4 Å². The molecule has 0 unspecified atom stereocenters. The van der Waals surface area contributed by atoms with Gasteiger partial charge in [-0.15, -0.1) is 6.58 Å². The van der Waals surface area contributed by atoms with Gasteiger partial charge in [-0.2, -0.15) is 0 Å². The molecule has 1 aliphatic carbocycles.